The first-order valence-corrected chi connectivity index (χ1v) is 9.12. The predicted molar refractivity (Wildman–Crippen MR) is 98.4 cm³/mol. The molecule has 0 spiro atoms. The van der Waals surface area contributed by atoms with Gasteiger partial charge in [0, 0.05) is 0 Å². The van der Waals surface area contributed by atoms with Gasteiger partial charge in [-0.3, -0.25) is 4.79 Å². The number of hydrogen-bond donors (Lipinski definition) is 2. The molecule has 2 N–H and O–H groups in total. The summed E-state index contributed by atoms with van der Waals surface area (Å²) in [7, 11) is 0. The Balaban J connectivity index is 1.41. The summed E-state index contributed by atoms with van der Waals surface area (Å²) in [5.74, 6) is -0.267. The van der Waals surface area contributed by atoms with Crippen molar-refractivity contribution in [2.24, 2.45) is 0 Å². The molecule has 0 radical (unpaired) electrons. The van der Waals surface area contributed by atoms with Gasteiger partial charge in [-0.1, -0.05) is 28.6 Å². The van der Waals surface area contributed by atoms with Crippen LogP contribution in [-0.2, 0) is 0 Å². The third-order valence-electron chi connectivity index (χ3n) is 4.75. The van der Waals surface area contributed by atoms with Crippen LogP contribution in [0.25, 0.3) is 5.69 Å². The van der Waals surface area contributed by atoms with Gasteiger partial charge in [-0.2, -0.15) is 0 Å². The average molecular weight is 366 g/mol. The van der Waals surface area contributed by atoms with Crippen LogP contribution in [0.3, 0.4) is 0 Å². The lowest BCUT2D eigenvalue weighted by Crippen LogP contribution is -2.29. The van der Waals surface area contributed by atoms with Gasteiger partial charge in [-0.05, 0) is 45.0 Å². The average Bonchev–Trinajstić information content (AvgIpc) is 3.39. The lowest BCUT2D eigenvalue weighted by atomic mass is 10.1. The summed E-state index contributed by atoms with van der Waals surface area (Å²) in [4.78, 5) is 12.5. The largest absolute Gasteiger partial charge is 0.342 e. The molecule has 1 aromatic carbocycles. The monoisotopic (exact) mass is 366 g/mol. The Morgan fingerprint density at radius 3 is 2.70 bits per heavy atom. The van der Waals surface area contributed by atoms with E-state index in [1.807, 2.05) is 43.5 Å². The highest BCUT2D eigenvalue weighted by Gasteiger charge is 2.20. The molecular formula is C18H22N8O. The zero-order chi connectivity index (χ0) is 18.6. The smallest absolute Gasteiger partial charge is 0.273 e. The highest BCUT2D eigenvalue weighted by Crippen LogP contribution is 2.17. The van der Waals surface area contributed by atoms with Crippen molar-refractivity contribution in [3.8, 4) is 5.69 Å². The SMILES string of the molecule is CC(NC(=O)c1cn(C2CCNCC2)nn1)c1cn(-c2ccccc2)nn1. The number of carbonyl (C=O) groups is 1. The Bertz CT molecular complexity index is 897. The molecule has 27 heavy (non-hydrogen) atoms. The third kappa shape index (κ3) is 3.87. The molecule has 1 fully saturated rings. The summed E-state index contributed by atoms with van der Waals surface area (Å²) in [6.45, 7) is 3.79. The first-order valence-electron chi connectivity index (χ1n) is 9.12. The van der Waals surface area contributed by atoms with Crippen LogP contribution in [0.2, 0.25) is 0 Å². The minimum absolute atomic E-state index is 0.267. The van der Waals surface area contributed by atoms with Crippen molar-refractivity contribution < 1.29 is 4.79 Å². The Labute approximate surface area is 156 Å². The van der Waals surface area contributed by atoms with Crippen LogP contribution < -0.4 is 10.6 Å². The van der Waals surface area contributed by atoms with Crippen LogP contribution in [0, 0.1) is 0 Å². The van der Waals surface area contributed by atoms with Crippen LogP contribution in [-0.4, -0.2) is 49.0 Å². The lowest BCUT2D eigenvalue weighted by Gasteiger charge is -2.22. The zero-order valence-electron chi connectivity index (χ0n) is 15.1. The van der Waals surface area contributed by atoms with Crippen molar-refractivity contribution in [1.29, 1.82) is 0 Å². The van der Waals surface area contributed by atoms with Gasteiger partial charge in [0.05, 0.1) is 30.2 Å². The maximum Gasteiger partial charge on any atom is 0.273 e. The highest BCUT2D eigenvalue weighted by molar-refractivity contribution is 5.92. The molecule has 9 nitrogen and oxygen atoms in total. The number of piperidine rings is 1. The molecule has 4 rings (SSSR count). The number of rotatable bonds is 5. The van der Waals surface area contributed by atoms with Crippen LogP contribution in [0.4, 0.5) is 0 Å². The standard InChI is InChI=1S/C18H22N8O/c1-13(16-11-25(23-21-16)14-5-3-2-4-6-14)20-18(27)17-12-26(24-22-17)15-7-9-19-10-8-15/h2-6,11-13,15,19H,7-10H2,1H3,(H,20,27). The first kappa shape index (κ1) is 17.3. The maximum absolute atomic E-state index is 12.5. The quantitative estimate of drug-likeness (QED) is 0.705. The first-order chi connectivity index (χ1) is 13.2. The number of carbonyl (C=O) groups excluding carboxylic acids is 1. The predicted octanol–water partition coefficient (Wildman–Crippen LogP) is 1.27. The molecule has 1 aliphatic rings. The van der Waals surface area contributed by atoms with E-state index >= 15 is 0 Å². The zero-order valence-corrected chi connectivity index (χ0v) is 15.1. The van der Waals surface area contributed by atoms with Crippen LogP contribution in [0.5, 0.6) is 0 Å². The van der Waals surface area contributed by atoms with Gasteiger partial charge < -0.3 is 10.6 Å². The molecule has 0 saturated carbocycles. The molecule has 9 heteroatoms. The summed E-state index contributed by atoms with van der Waals surface area (Å²) in [5, 5.41) is 22.7. The van der Waals surface area contributed by atoms with Crippen molar-refractivity contribution >= 4 is 5.91 Å². The van der Waals surface area contributed by atoms with Gasteiger partial charge in [0.25, 0.3) is 5.91 Å². The molecule has 1 aliphatic heterocycles. The van der Waals surface area contributed by atoms with Crippen LogP contribution >= 0.6 is 0 Å². The molecule has 1 saturated heterocycles. The normalized spacial score (nSPS) is 16.2. The van der Waals surface area contributed by atoms with Gasteiger partial charge in [0.15, 0.2) is 5.69 Å². The summed E-state index contributed by atoms with van der Waals surface area (Å²) in [5.41, 5.74) is 1.91. The molecule has 2 aromatic heterocycles. The second kappa shape index (κ2) is 7.67. The van der Waals surface area contributed by atoms with E-state index in [4.69, 9.17) is 0 Å². The molecule has 1 amide bonds. The van der Waals surface area contributed by atoms with E-state index in [-0.39, 0.29) is 11.9 Å². The molecule has 140 valence electrons. The van der Waals surface area contributed by atoms with Crippen molar-refractivity contribution in [1.82, 2.24) is 40.6 Å². The molecule has 1 atom stereocenters. The fourth-order valence-electron chi connectivity index (χ4n) is 3.16. The molecule has 1 unspecified atom stereocenters. The topological polar surface area (TPSA) is 103 Å². The molecule has 0 aliphatic carbocycles. The fourth-order valence-corrected chi connectivity index (χ4v) is 3.16. The van der Waals surface area contributed by atoms with Crippen molar-refractivity contribution in [3.05, 3.63) is 54.1 Å². The maximum atomic E-state index is 12.5. The number of nitrogens with one attached hydrogen (secondary N) is 2. The highest BCUT2D eigenvalue weighted by atomic mass is 16.2. The Morgan fingerprint density at radius 1 is 1.15 bits per heavy atom. The van der Waals surface area contributed by atoms with E-state index in [1.165, 1.54) is 0 Å². The van der Waals surface area contributed by atoms with E-state index in [1.54, 1.807) is 15.6 Å². The number of benzene rings is 1. The van der Waals surface area contributed by atoms with Crippen LogP contribution in [0.1, 0.15) is 48.0 Å². The summed E-state index contributed by atoms with van der Waals surface area (Å²) in [6, 6.07) is 9.71. The number of amides is 1. The Kier molecular flexibility index (Phi) is 4.93. The van der Waals surface area contributed by atoms with Gasteiger partial charge >= 0.3 is 0 Å². The molecule has 3 aromatic rings. The molecule has 3 heterocycles. The minimum atomic E-state index is -0.293. The van der Waals surface area contributed by atoms with Crippen molar-refractivity contribution in [2.45, 2.75) is 31.8 Å². The molecular weight excluding hydrogens is 344 g/mol. The number of hydrogen-bond acceptors (Lipinski definition) is 6. The van der Waals surface area contributed by atoms with Gasteiger partial charge in [-0.25, -0.2) is 9.36 Å². The second-order valence-corrected chi connectivity index (χ2v) is 6.68. The Hall–Kier alpha value is -3.07. The van der Waals surface area contributed by atoms with Gasteiger partial charge in [-0.15, -0.1) is 10.2 Å². The van der Waals surface area contributed by atoms with Crippen molar-refractivity contribution in [2.75, 3.05) is 13.1 Å². The van der Waals surface area contributed by atoms with Crippen molar-refractivity contribution in [3.63, 3.8) is 0 Å². The Morgan fingerprint density at radius 2 is 1.93 bits per heavy atom. The number of nitrogens with zero attached hydrogens (tertiary/aromatic N) is 6. The van der Waals surface area contributed by atoms with E-state index < -0.39 is 0 Å². The van der Waals surface area contributed by atoms with E-state index in [0.29, 0.717) is 17.4 Å². The lowest BCUT2D eigenvalue weighted by molar-refractivity contribution is 0.0934. The van der Waals surface area contributed by atoms with E-state index in [9.17, 15) is 4.79 Å². The van der Waals surface area contributed by atoms with Gasteiger partial charge in [0.2, 0.25) is 0 Å². The van der Waals surface area contributed by atoms with E-state index in [0.717, 1.165) is 31.6 Å². The molecule has 0 bridgehead atoms. The number of aromatic nitrogens is 6. The number of para-hydroxylation sites is 1. The summed E-state index contributed by atoms with van der Waals surface area (Å²) < 4.78 is 3.48. The second-order valence-electron chi connectivity index (χ2n) is 6.68. The third-order valence-corrected chi connectivity index (χ3v) is 4.75. The van der Waals surface area contributed by atoms with Gasteiger partial charge in [0.1, 0.15) is 5.69 Å². The minimum Gasteiger partial charge on any atom is -0.342 e. The summed E-state index contributed by atoms with van der Waals surface area (Å²) in [6.07, 6.45) is 5.51. The van der Waals surface area contributed by atoms with E-state index in [2.05, 4.69) is 31.3 Å². The summed E-state index contributed by atoms with van der Waals surface area (Å²) >= 11 is 0. The van der Waals surface area contributed by atoms with Crippen LogP contribution in [0.15, 0.2) is 42.7 Å². The fraction of sp³-hybridized carbons (Fsp3) is 0.389.